The van der Waals surface area contributed by atoms with Crippen molar-refractivity contribution in [3.05, 3.63) is 65.7 Å². The first-order valence-corrected chi connectivity index (χ1v) is 16.0. The van der Waals surface area contributed by atoms with Gasteiger partial charge in [-0.05, 0) is 25.1 Å². The molecule has 0 spiro atoms. The molecule has 5 atom stereocenters. The lowest BCUT2D eigenvalue weighted by Crippen LogP contribution is -2.36. The van der Waals surface area contributed by atoms with Crippen LogP contribution in [0.3, 0.4) is 0 Å². The van der Waals surface area contributed by atoms with Crippen LogP contribution in [0.4, 0.5) is 5.95 Å². The number of hydrogen-bond acceptors (Lipinski definition) is 11. The van der Waals surface area contributed by atoms with Crippen molar-refractivity contribution < 1.29 is 28.0 Å². The van der Waals surface area contributed by atoms with Gasteiger partial charge in [-0.1, -0.05) is 51.1 Å². The Labute approximate surface area is 255 Å². The number of anilines is 1. The predicted molar refractivity (Wildman–Crippen MR) is 165 cm³/mol. The molecule has 17 heteroatoms. The van der Waals surface area contributed by atoms with Crippen LogP contribution in [-0.2, 0) is 23.1 Å². The van der Waals surface area contributed by atoms with E-state index in [0.717, 1.165) is 9.80 Å². The van der Waals surface area contributed by atoms with Crippen LogP contribution in [0.5, 0.6) is 0 Å². The quantitative estimate of drug-likeness (QED) is 0.193. The zero-order chi connectivity index (χ0) is 31.4. The zero-order valence-electron chi connectivity index (χ0n) is 25.4. The van der Waals surface area contributed by atoms with Gasteiger partial charge in [0.1, 0.15) is 24.6 Å². The van der Waals surface area contributed by atoms with Crippen LogP contribution in [0.1, 0.15) is 27.0 Å². The Balaban J connectivity index is 0.000000493. The van der Waals surface area contributed by atoms with Gasteiger partial charge in [0.15, 0.2) is 17.4 Å². The molecule has 1 aromatic carbocycles. The van der Waals surface area contributed by atoms with Gasteiger partial charge >= 0.3 is 14.9 Å². The molecule has 0 amide bonds. The van der Waals surface area contributed by atoms with Gasteiger partial charge in [0, 0.05) is 26.5 Å². The van der Waals surface area contributed by atoms with Crippen LogP contribution < -0.4 is 15.9 Å². The number of ether oxygens (including phenoxy) is 1. The molecule has 0 radical (unpaired) electrons. The molecule has 2 aliphatic rings. The van der Waals surface area contributed by atoms with E-state index in [2.05, 4.69) is 45.6 Å². The molecule has 2 fully saturated rings. The average molecular weight is 628 g/mol. The van der Waals surface area contributed by atoms with Crippen LogP contribution >= 0.6 is 7.75 Å². The van der Waals surface area contributed by atoms with E-state index in [9.17, 15) is 14.3 Å². The van der Waals surface area contributed by atoms with E-state index in [4.69, 9.17) is 18.6 Å². The third kappa shape index (κ3) is 6.66. The van der Waals surface area contributed by atoms with Gasteiger partial charge in [-0.25, -0.2) is 18.9 Å². The summed E-state index contributed by atoms with van der Waals surface area (Å²) in [6, 6.07) is 9.40. The second kappa shape index (κ2) is 13.7. The molecule has 15 nitrogen and oxygen atoms in total. The largest absolute Gasteiger partial charge is 0.494 e. The summed E-state index contributed by atoms with van der Waals surface area (Å²) in [6.45, 7) is 9.86. The van der Waals surface area contributed by atoms with Gasteiger partial charge in [0.2, 0.25) is 5.95 Å². The Morgan fingerprint density at radius 1 is 1.09 bits per heavy atom. The number of fused-ring (bicyclic) bond motifs is 2. The summed E-state index contributed by atoms with van der Waals surface area (Å²) in [5.41, 5.74) is 0.857. The van der Waals surface area contributed by atoms with Crippen molar-refractivity contribution in [2.24, 2.45) is 0 Å². The predicted octanol–water partition coefficient (Wildman–Crippen LogP) is 1.47. The topological polar surface area (TPSA) is 162 Å². The van der Waals surface area contributed by atoms with Gasteiger partial charge in [-0.2, -0.15) is 4.98 Å². The molecule has 0 aliphatic carbocycles. The maximum absolute atomic E-state index is 12.7. The summed E-state index contributed by atoms with van der Waals surface area (Å²) >= 11 is 0. The third-order valence-corrected chi connectivity index (χ3v) is 8.87. The molecule has 236 valence electrons. The van der Waals surface area contributed by atoms with Gasteiger partial charge in [-0.15, -0.1) is 0 Å². The van der Waals surface area contributed by atoms with E-state index in [0.29, 0.717) is 11.6 Å². The number of rotatable bonds is 10. The minimum absolute atomic E-state index is 0.143. The summed E-state index contributed by atoms with van der Waals surface area (Å²) < 4.78 is 39.4. The summed E-state index contributed by atoms with van der Waals surface area (Å²) in [4.78, 5) is 42.3. The maximum Gasteiger partial charge on any atom is 0.494 e. The van der Waals surface area contributed by atoms with Crippen molar-refractivity contribution in [3.8, 4) is 0 Å². The van der Waals surface area contributed by atoms with E-state index in [1.165, 1.54) is 44.7 Å². The van der Waals surface area contributed by atoms with Crippen molar-refractivity contribution in [3.63, 3.8) is 0 Å². The lowest BCUT2D eigenvalue weighted by atomic mass is 9.79. The van der Waals surface area contributed by atoms with Crippen LogP contribution in [-0.4, -0.2) is 104 Å². The highest BCUT2D eigenvalue weighted by Crippen LogP contribution is 2.46. The van der Waals surface area contributed by atoms with Gasteiger partial charge in [0.05, 0.1) is 12.9 Å². The molecule has 44 heavy (non-hydrogen) atoms. The van der Waals surface area contributed by atoms with Crippen LogP contribution in [0, 0.1) is 0 Å². The first-order chi connectivity index (χ1) is 21.2. The van der Waals surface area contributed by atoms with Gasteiger partial charge in [0.25, 0.3) is 5.56 Å². The van der Waals surface area contributed by atoms with Crippen LogP contribution in [0.25, 0.3) is 11.2 Å². The van der Waals surface area contributed by atoms with Crippen molar-refractivity contribution >= 4 is 37.4 Å². The lowest BCUT2D eigenvalue weighted by Gasteiger charge is -2.21. The zero-order valence-corrected chi connectivity index (χ0v) is 26.3. The second-order valence-electron chi connectivity index (χ2n) is 10.5. The maximum atomic E-state index is 12.7. The molecular formula is C27H38BN8O7P. The Morgan fingerprint density at radius 2 is 1.80 bits per heavy atom. The lowest BCUT2D eigenvalue weighted by molar-refractivity contribution is -0.0545. The van der Waals surface area contributed by atoms with Crippen molar-refractivity contribution in [1.82, 2.24) is 33.7 Å². The highest BCUT2D eigenvalue weighted by atomic mass is 31.2. The summed E-state index contributed by atoms with van der Waals surface area (Å²) in [6.07, 6.45) is 2.51. The highest BCUT2D eigenvalue weighted by Gasteiger charge is 2.55. The fourth-order valence-corrected chi connectivity index (χ4v) is 5.98. The normalized spacial score (nSPS) is 22.6. The Hall–Kier alpha value is -3.37. The smallest absolute Gasteiger partial charge is 0.399 e. The summed E-state index contributed by atoms with van der Waals surface area (Å²) in [5.74, 6) is 0.348. The monoisotopic (exact) mass is 628 g/mol. The van der Waals surface area contributed by atoms with E-state index < -0.39 is 45.0 Å². The van der Waals surface area contributed by atoms with Gasteiger partial charge in [-0.3, -0.25) is 18.9 Å². The molecule has 2 N–H and O–H groups in total. The molecule has 2 aliphatic heterocycles. The minimum atomic E-state index is -4.21. The van der Waals surface area contributed by atoms with Gasteiger partial charge < -0.3 is 28.7 Å². The molecule has 1 unspecified atom stereocenters. The summed E-state index contributed by atoms with van der Waals surface area (Å²) in [5, 5.41) is 0. The number of nitrogens with zero attached hydrogens (tertiary/aromatic N) is 7. The van der Waals surface area contributed by atoms with Crippen LogP contribution in [0.15, 0.2) is 60.2 Å². The molecule has 0 bridgehead atoms. The SMILES string of the molecule is CCN(CC)CC.CN(C)c1nc2c(ncn2[C@@H]2O[C@H](COP(=O)(O)n3ccnc3)[C@H]3OB(c4ccccc4)O[C@H]32)c(=O)[nH]1. The van der Waals surface area contributed by atoms with Crippen molar-refractivity contribution in [2.75, 3.05) is 45.2 Å². The molecule has 6 rings (SSSR count). The highest BCUT2D eigenvalue weighted by molar-refractivity contribution is 7.51. The fraction of sp³-hybridized carbons (Fsp3) is 0.481. The Bertz CT molecular complexity index is 1610. The minimum Gasteiger partial charge on any atom is -0.399 e. The molecule has 0 saturated carbocycles. The molecular weight excluding hydrogens is 590 g/mol. The Kier molecular flexibility index (Phi) is 10.0. The number of aromatic amines is 1. The number of hydrogen-bond donors (Lipinski definition) is 2. The molecule has 4 aromatic rings. The number of H-pyrrole nitrogens is 1. The molecule has 5 heterocycles. The number of aromatic nitrogens is 6. The van der Waals surface area contributed by atoms with Crippen molar-refractivity contribution in [1.29, 1.82) is 0 Å². The first-order valence-electron chi connectivity index (χ1n) is 14.5. The first kappa shape index (κ1) is 32.0. The average Bonchev–Trinajstić information content (AvgIpc) is 3.83. The number of benzene rings is 1. The standard InChI is InChI=1S/C21H23BN7O7P.C6H15N/c1-27(2)21-25-18-15(19(30)26-21)24-12-29(18)20-17-16(35-22(36-17)13-6-4-3-5-7-13)14(34-20)10-33-37(31,32)28-9-8-23-11-28;1-4-7(5-2)6-3/h3-9,11-12,14,16-17,20H,10H2,1-2H3,(H,31,32)(H,25,26,30);4-6H2,1-3H3/t14-,16-,17-,20-;/m1./s1. The van der Waals surface area contributed by atoms with Crippen LogP contribution in [0.2, 0.25) is 0 Å². The second-order valence-corrected chi connectivity index (χ2v) is 12.2. The molecule has 2 saturated heterocycles. The fourth-order valence-electron chi connectivity index (χ4n) is 5.08. The Morgan fingerprint density at radius 3 is 2.41 bits per heavy atom. The summed E-state index contributed by atoms with van der Waals surface area (Å²) in [7, 11) is -1.39. The van der Waals surface area contributed by atoms with E-state index in [-0.39, 0.29) is 12.1 Å². The van der Waals surface area contributed by atoms with Crippen molar-refractivity contribution in [2.45, 2.75) is 45.3 Å². The molecule has 3 aromatic heterocycles. The van der Waals surface area contributed by atoms with E-state index in [1.807, 2.05) is 30.3 Å². The number of nitrogens with one attached hydrogen (secondary N) is 1. The van der Waals surface area contributed by atoms with E-state index in [1.54, 1.807) is 23.6 Å². The van der Waals surface area contributed by atoms with E-state index >= 15 is 0 Å². The third-order valence-electron chi connectivity index (χ3n) is 7.57. The number of imidazole rings is 2.